The van der Waals surface area contributed by atoms with Crippen LogP contribution < -0.4 is 10.2 Å². The van der Waals surface area contributed by atoms with Crippen LogP contribution in [0.2, 0.25) is 0 Å². The van der Waals surface area contributed by atoms with Gasteiger partial charge in [0.15, 0.2) is 0 Å². The summed E-state index contributed by atoms with van der Waals surface area (Å²) in [6.07, 6.45) is 82.6. The summed E-state index contributed by atoms with van der Waals surface area (Å²) in [7, 11) is 1.18. The number of nitrogens with zero attached hydrogens (tertiary/aromatic N) is 1. The van der Waals surface area contributed by atoms with Crippen LogP contribution in [0.5, 0.6) is 0 Å². The van der Waals surface area contributed by atoms with Crippen molar-refractivity contribution in [3.63, 3.8) is 0 Å². The van der Waals surface area contributed by atoms with Crippen molar-refractivity contribution in [2.45, 2.75) is 328 Å². The van der Waals surface area contributed by atoms with Crippen molar-refractivity contribution in [3.05, 3.63) is 85.1 Å². The van der Waals surface area contributed by atoms with Gasteiger partial charge < -0.3 is 28.5 Å². The molecule has 9 nitrogen and oxygen atoms in total. The highest BCUT2D eigenvalue weighted by atomic mass is 31.2. The fraction of sp³-hybridized carbons (Fsp3) is 0.781. The van der Waals surface area contributed by atoms with Gasteiger partial charge in [0.1, 0.15) is 19.3 Å². The van der Waals surface area contributed by atoms with Crippen molar-refractivity contribution in [2.24, 2.45) is 0 Å². The molecular formula is C73H133N2O7P. The van der Waals surface area contributed by atoms with Crippen LogP contribution in [0.25, 0.3) is 0 Å². The van der Waals surface area contributed by atoms with Crippen LogP contribution in [0, 0.1) is 0 Å². The predicted octanol–water partition coefficient (Wildman–Crippen LogP) is 21.5. The number of unbranched alkanes of at least 4 members (excludes halogenated alkanes) is 35. The number of ether oxygens (including phenoxy) is 1. The van der Waals surface area contributed by atoms with Gasteiger partial charge in [-0.1, -0.05) is 280 Å². The lowest BCUT2D eigenvalue weighted by molar-refractivity contribution is -0.870. The van der Waals surface area contributed by atoms with E-state index in [-0.39, 0.29) is 24.9 Å². The number of amides is 1. The Morgan fingerprint density at radius 1 is 0.422 bits per heavy atom. The van der Waals surface area contributed by atoms with Crippen LogP contribution in [-0.4, -0.2) is 69.4 Å². The number of phosphoric acid groups is 1. The Morgan fingerprint density at radius 3 is 1.12 bits per heavy atom. The van der Waals surface area contributed by atoms with E-state index in [4.69, 9.17) is 13.8 Å². The quantitative estimate of drug-likeness (QED) is 0.0212. The normalized spacial score (nSPS) is 14.1. The summed E-state index contributed by atoms with van der Waals surface area (Å²) < 4.78 is 30.4. The molecule has 0 rings (SSSR count). The molecule has 0 aliphatic heterocycles. The summed E-state index contributed by atoms with van der Waals surface area (Å²) >= 11 is 0. The molecule has 0 radical (unpaired) electrons. The van der Waals surface area contributed by atoms with E-state index in [1.165, 1.54) is 173 Å². The standard InChI is InChI=1S/C73H133N2O7P/c1-7-10-13-16-19-22-25-28-30-32-34-35-36-37-38-39-41-42-44-47-50-53-56-59-62-65-72(76)74-70(69-81-83(78,79)80-68-67-75(4,5)6)71(64-61-58-55-52-49-46-27-24-21-18-15-12-9-3)82-73(77)66-63-60-57-54-51-48-45-43-40-33-31-29-26-23-20-17-14-11-8-2/h19-20,22-23,28-31,34-35,37-38,61,64,70-71H,7-18,21,24-27,32-33,36,39-60,62-63,65-69H2,1-6H3,(H-,74,76,78,79)/b22-19-,23-20-,30-28-,31-29-,35-34-,38-37-,64-61-. The molecular weight excluding hydrogens is 1050 g/mol. The van der Waals surface area contributed by atoms with Crippen LogP contribution in [0.15, 0.2) is 85.1 Å². The second-order valence-electron chi connectivity index (χ2n) is 24.7. The minimum Gasteiger partial charge on any atom is -0.756 e. The summed E-state index contributed by atoms with van der Waals surface area (Å²) in [6, 6.07) is -0.898. The van der Waals surface area contributed by atoms with E-state index in [0.29, 0.717) is 17.4 Å². The molecule has 0 spiro atoms. The zero-order valence-corrected chi connectivity index (χ0v) is 56.0. The first-order valence-corrected chi connectivity index (χ1v) is 36.4. The lowest BCUT2D eigenvalue weighted by Gasteiger charge is -2.30. The first kappa shape index (κ1) is 80.2. The first-order valence-electron chi connectivity index (χ1n) is 34.9. The van der Waals surface area contributed by atoms with E-state index in [1.54, 1.807) is 0 Å². The monoisotopic (exact) mass is 1180 g/mol. The van der Waals surface area contributed by atoms with Crippen LogP contribution in [0.4, 0.5) is 0 Å². The van der Waals surface area contributed by atoms with E-state index < -0.39 is 26.6 Å². The first-order chi connectivity index (χ1) is 40.4. The number of carbonyl (C=O) groups excluding carboxylic acids is 2. The van der Waals surface area contributed by atoms with E-state index in [2.05, 4.69) is 99.0 Å². The molecule has 0 fully saturated rings. The summed E-state index contributed by atoms with van der Waals surface area (Å²) in [5, 5.41) is 3.04. The molecule has 0 aromatic carbocycles. The second-order valence-corrected chi connectivity index (χ2v) is 26.1. The third kappa shape index (κ3) is 63.5. The maximum absolute atomic E-state index is 13.6. The maximum Gasteiger partial charge on any atom is 0.306 e. The number of carbonyl (C=O) groups is 2. The molecule has 3 atom stereocenters. The molecule has 83 heavy (non-hydrogen) atoms. The number of hydrogen-bond donors (Lipinski definition) is 1. The van der Waals surface area contributed by atoms with Crippen molar-refractivity contribution in [1.82, 2.24) is 5.32 Å². The van der Waals surface area contributed by atoms with E-state index in [9.17, 15) is 19.0 Å². The Hall–Kier alpha value is -2.81. The second kappa shape index (κ2) is 62.2. The topological polar surface area (TPSA) is 114 Å². The highest BCUT2D eigenvalue weighted by molar-refractivity contribution is 7.45. The van der Waals surface area contributed by atoms with Gasteiger partial charge in [0.05, 0.1) is 33.8 Å². The molecule has 3 unspecified atom stereocenters. The molecule has 1 N–H and O–H groups in total. The average Bonchev–Trinajstić information content (AvgIpc) is 3.46. The molecule has 0 saturated heterocycles. The fourth-order valence-corrected chi connectivity index (χ4v) is 10.6. The molecule has 482 valence electrons. The molecule has 0 aliphatic carbocycles. The van der Waals surface area contributed by atoms with Gasteiger partial charge in [-0.3, -0.25) is 14.2 Å². The fourth-order valence-electron chi connectivity index (χ4n) is 9.89. The van der Waals surface area contributed by atoms with Gasteiger partial charge in [-0.15, -0.1) is 0 Å². The van der Waals surface area contributed by atoms with Crippen molar-refractivity contribution >= 4 is 19.7 Å². The van der Waals surface area contributed by atoms with Gasteiger partial charge in [-0.2, -0.15) is 0 Å². The van der Waals surface area contributed by atoms with E-state index >= 15 is 0 Å². The number of esters is 1. The predicted molar refractivity (Wildman–Crippen MR) is 358 cm³/mol. The number of quaternary nitrogens is 1. The Kier molecular flexibility index (Phi) is 60.1. The van der Waals surface area contributed by atoms with Crippen LogP contribution in [0.3, 0.4) is 0 Å². The number of nitrogens with one attached hydrogen (secondary N) is 1. The zero-order valence-electron chi connectivity index (χ0n) is 55.1. The van der Waals surface area contributed by atoms with Crippen molar-refractivity contribution in [1.29, 1.82) is 0 Å². The van der Waals surface area contributed by atoms with Gasteiger partial charge in [-0.25, -0.2) is 0 Å². The van der Waals surface area contributed by atoms with Crippen LogP contribution >= 0.6 is 7.82 Å². The van der Waals surface area contributed by atoms with Gasteiger partial charge in [0.2, 0.25) is 5.91 Å². The van der Waals surface area contributed by atoms with E-state index in [1.807, 2.05) is 33.3 Å². The van der Waals surface area contributed by atoms with Crippen molar-refractivity contribution in [2.75, 3.05) is 40.9 Å². The molecule has 0 bridgehead atoms. The Balaban J connectivity index is 5.15. The highest BCUT2D eigenvalue weighted by Gasteiger charge is 2.27. The number of allylic oxidation sites excluding steroid dienone is 13. The number of hydrogen-bond acceptors (Lipinski definition) is 7. The van der Waals surface area contributed by atoms with Crippen LogP contribution in [-0.2, 0) is 27.9 Å². The summed E-state index contributed by atoms with van der Waals surface area (Å²) in [5.41, 5.74) is 0. The SMILES string of the molecule is CCCCC/C=C\C/C=C\C/C=C\C/C=C\CCCCCCCCCCCC(=O)NC(COP(=O)([O-])OCC[N+](C)(C)C)C(/C=C\CCCCCCCCCCCCC)OC(=O)CCCCCCCCCCC/C=C\C/C=C\CCCCC. The third-order valence-corrected chi connectivity index (χ3v) is 16.3. The molecule has 0 aliphatic rings. The lowest BCUT2D eigenvalue weighted by atomic mass is 10.0. The lowest BCUT2D eigenvalue weighted by Crippen LogP contribution is -2.47. The number of rotatable bonds is 63. The Morgan fingerprint density at radius 2 is 0.735 bits per heavy atom. The molecule has 0 aromatic rings. The van der Waals surface area contributed by atoms with Crippen molar-refractivity contribution < 1.29 is 37.3 Å². The zero-order chi connectivity index (χ0) is 60.7. The van der Waals surface area contributed by atoms with Crippen LogP contribution in [0.1, 0.15) is 316 Å². The summed E-state index contributed by atoms with van der Waals surface area (Å²) in [5.74, 6) is -0.547. The molecule has 0 heterocycles. The minimum atomic E-state index is -4.71. The Labute approximate surface area is 514 Å². The van der Waals surface area contributed by atoms with Gasteiger partial charge in [0.25, 0.3) is 7.82 Å². The number of likely N-dealkylation sites (N-methyl/N-ethyl adjacent to an activating group) is 1. The average molecular weight is 1180 g/mol. The highest BCUT2D eigenvalue weighted by Crippen LogP contribution is 2.38. The van der Waals surface area contributed by atoms with Gasteiger partial charge in [-0.05, 0) is 109 Å². The summed E-state index contributed by atoms with van der Waals surface area (Å²) in [6.45, 7) is 6.81. The Bertz CT molecular complexity index is 1700. The van der Waals surface area contributed by atoms with E-state index in [0.717, 1.165) is 109 Å². The summed E-state index contributed by atoms with van der Waals surface area (Å²) in [4.78, 5) is 40.2. The number of phosphoric ester groups is 1. The van der Waals surface area contributed by atoms with Crippen molar-refractivity contribution in [3.8, 4) is 0 Å². The minimum absolute atomic E-state index is 0.0269. The molecule has 0 saturated carbocycles. The molecule has 0 aromatic heterocycles. The third-order valence-electron chi connectivity index (χ3n) is 15.3. The maximum atomic E-state index is 13.6. The van der Waals surface area contributed by atoms with Gasteiger partial charge >= 0.3 is 5.97 Å². The smallest absolute Gasteiger partial charge is 0.306 e. The van der Waals surface area contributed by atoms with Gasteiger partial charge in [0, 0.05) is 12.8 Å². The largest absolute Gasteiger partial charge is 0.756 e. The molecule has 10 heteroatoms. The molecule has 1 amide bonds.